The van der Waals surface area contributed by atoms with Gasteiger partial charge in [0.15, 0.2) is 0 Å². The van der Waals surface area contributed by atoms with Crippen LogP contribution >= 0.6 is 0 Å². The first kappa shape index (κ1) is 13.6. The molecule has 21 heavy (non-hydrogen) atoms. The van der Waals surface area contributed by atoms with Gasteiger partial charge in [0, 0.05) is 30.4 Å². The van der Waals surface area contributed by atoms with E-state index in [1.165, 1.54) is 16.5 Å². The molecular formula is C17H19N3O. The number of ether oxygens (including phenoxy) is 1. The van der Waals surface area contributed by atoms with Gasteiger partial charge in [-0.2, -0.15) is 0 Å². The average molecular weight is 281 g/mol. The van der Waals surface area contributed by atoms with Gasteiger partial charge in [0.1, 0.15) is 11.4 Å². The van der Waals surface area contributed by atoms with Crippen LogP contribution < -0.4 is 10.1 Å². The van der Waals surface area contributed by atoms with Crippen LogP contribution in [0.1, 0.15) is 24.1 Å². The summed E-state index contributed by atoms with van der Waals surface area (Å²) in [4.78, 5) is 7.51. The summed E-state index contributed by atoms with van der Waals surface area (Å²) in [7, 11) is 1.68. The number of hydrogen-bond acceptors (Lipinski definition) is 3. The van der Waals surface area contributed by atoms with Crippen molar-refractivity contribution in [3.05, 3.63) is 59.9 Å². The fourth-order valence-electron chi connectivity index (χ4n) is 2.43. The smallest absolute Gasteiger partial charge is 0.137 e. The molecule has 4 nitrogen and oxygen atoms in total. The fraction of sp³-hybridized carbons (Fsp3) is 0.235. The minimum atomic E-state index is 0.275. The van der Waals surface area contributed by atoms with Crippen LogP contribution in [0.4, 0.5) is 0 Å². The predicted molar refractivity (Wildman–Crippen MR) is 84.3 cm³/mol. The van der Waals surface area contributed by atoms with Gasteiger partial charge in [-0.1, -0.05) is 12.1 Å². The molecule has 0 bridgehead atoms. The Morgan fingerprint density at radius 3 is 2.81 bits per heavy atom. The molecule has 0 aliphatic carbocycles. The molecule has 1 atom stereocenters. The van der Waals surface area contributed by atoms with Gasteiger partial charge in [0.2, 0.25) is 0 Å². The van der Waals surface area contributed by atoms with Gasteiger partial charge < -0.3 is 15.0 Å². The highest BCUT2D eigenvalue weighted by molar-refractivity contribution is 5.79. The summed E-state index contributed by atoms with van der Waals surface area (Å²) >= 11 is 0. The van der Waals surface area contributed by atoms with Gasteiger partial charge in [0.25, 0.3) is 0 Å². The summed E-state index contributed by atoms with van der Waals surface area (Å²) in [6.07, 6.45) is 3.82. The molecule has 0 fully saturated rings. The Balaban J connectivity index is 1.68. The SMILES string of the molecule is COc1ccc(C(C)NCc2c[nH]c3ncccc23)cc1. The Morgan fingerprint density at radius 1 is 1.24 bits per heavy atom. The number of benzene rings is 1. The van der Waals surface area contributed by atoms with Crippen molar-refractivity contribution in [2.24, 2.45) is 0 Å². The highest BCUT2D eigenvalue weighted by Crippen LogP contribution is 2.19. The van der Waals surface area contributed by atoms with E-state index in [0.29, 0.717) is 0 Å². The summed E-state index contributed by atoms with van der Waals surface area (Å²) < 4.78 is 5.18. The lowest BCUT2D eigenvalue weighted by Crippen LogP contribution is -2.17. The van der Waals surface area contributed by atoms with Crippen molar-refractivity contribution >= 4 is 11.0 Å². The van der Waals surface area contributed by atoms with Gasteiger partial charge in [0.05, 0.1) is 7.11 Å². The molecule has 108 valence electrons. The Morgan fingerprint density at radius 2 is 2.05 bits per heavy atom. The van der Waals surface area contributed by atoms with E-state index in [4.69, 9.17) is 4.74 Å². The molecule has 0 spiro atoms. The van der Waals surface area contributed by atoms with Crippen LogP contribution in [0.3, 0.4) is 0 Å². The number of hydrogen-bond donors (Lipinski definition) is 2. The van der Waals surface area contributed by atoms with Gasteiger partial charge in [-0.15, -0.1) is 0 Å². The van der Waals surface area contributed by atoms with Crippen molar-refractivity contribution < 1.29 is 4.74 Å². The highest BCUT2D eigenvalue weighted by atomic mass is 16.5. The predicted octanol–water partition coefficient (Wildman–Crippen LogP) is 3.42. The third-order valence-electron chi connectivity index (χ3n) is 3.75. The van der Waals surface area contributed by atoms with Crippen LogP contribution in [0.5, 0.6) is 5.75 Å². The third kappa shape index (κ3) is 2.90. The van der Waals surface area contributed by atoms with E-state index in [2.05, 4.69) is 40.4 Å². The Kier molecular flexibility index (Phi) is 3.88. The zero-order valence-corrected chi connectivity index (χ0v) is 12.3. The molecule has 2 heterocycles. The van der Waals surface area contributed by atoms with E-state index in [0.717, 1.165) is 17.9 Å². The number of fused-ring (bicyclic) bond motifs is 1. The first-order valence-electron chi connectivity index (χ1n) is 7.06. The third-order valence-corrected chi connectivity index (χ3v) is 3.75. The van der Waals surface area contributed by atoms with Crippen LogP contribution in [0.2, 0.25) is 0 Å². The number of methoxy groups -OCH3 is 1. The molecule has 1 unspecified atom stereocenters. The number of H-pyrrole nitrogens is 1. The van der Waals surface area contributed by atoms with Crippen molar-refractivity contribution in [1.82, 2.24) is 15.3 Å². The van der Waals surface area contributed by atoms with Crippen molar-refractivity contribution in [2.45, 2.75) is 19.5 Å². The first-order valence-corrected chi connectivity index (χ1v) is 7.06. The molecule has 0 aliphatic rings. The van der Waals surface area contributed by atoms with Crippen molar-refractivity contribution in [2.75, 3.05) is 7.11 Å². The minimum absolute atomic E-state index is 0.275. The Hall–Kier alpha value is -2.33. The number of rotatable bonds is 5. The largest absolute Gasteiger partial charge is 0.497 e. The second kappa shape index (κ2) is 5.97. The monoisotopic (exact) mass is 281 g/mol. The summed E-state index contributed by atoms with van der Waals surface area (Å²) in [6, 6.07) is 12.5. The molecule has 0 radical (unpaired) electrons. The Bertz CT molecular complexity index is 718. The molecule has 1 aromatic carbocycles. The van der Waals surface area contributed by atoms with E-state index in [9.17, 15) is 0 Å². The van der Waals surface area contributed by atoms with Crippen LogP contribution in [0.15, 0.2) is 48.8 Å². The molecule has 2 aromatic heterocycles. The second-order valence-corrected chi connectivity index (χ2v) is 5.09. The van der Waals surface area contributed by atoms with Crippen molar-refractivity contribution in [3.63, 3.8) is 0 Å². The van der Waals surface area contributed by atoms with Crippen LogP contribution in [0.25, 0.3) is 11.0 Å². The van der Waals surface area contributed by atoms with Gasteiger partial charge in [-0.05, 0) is 42.3 Å². The molecule has 0 aliphatic heterocycles. The normalized spacial score (nSPS) is 12.5. The maximum absolute atomic E-state index is 5.18. The molecule has 3 aromatic rings. The van der Waals surface area contributed by atoms with Crippen LogP contribution in [0, 0.1) is 0 Å². The van der Waals surface area contributed by atoms with E-state index < -0.39 is 0 Å². The van der Waals surface area contributed by atoms with Crippen molar-refractivity contribution in [3.8, 4) is 5.75 Å². The molecule has 3 rings (SSSR count). The topological polar surface area (TPSA) is 49.9 Å². The van der Waals surface area contributed by atoms with E-state index >= 15 is 0 Å². The highest BCUT2D eigenvalue weighted by Gasteiger charge is 2.08. The number of nitrogens with one attached hydrogen (secondary N) is 2. The quantitative estimate of drug-likeness (QED) is 0.753. The molecule has 0 amide bonds. The van der Waals surface area contributed by atoms with E-state index in [1.54, 1.807) is 13.3 Å². The van der Waals surface area contributed by atoms with Gasteiger partial charge >= 0.3 is 0 Å². The standard InChI is InChI=1S/C17H19N3O/c1-12(13-5-7-15(21-2)8-6-13)19-10-14-11-20-17-16(14)4-3-9-18-17/h3-9,11-12,19H,10H2,1-2H3,(H,18,20). The number of nitrogens with zero attached hydrogens (tertiary/aromatic N) is 1. The van der Waals surface area contributed by atoms with E-state index in [1.807, 2.05) is 24.4 Å². The molecule has 0 saturated carbocycles. The zero-order valence-electron chi connectivity index (χ0n) is 12.3. The lowest BCUT2D eigenvalue weighted by atomic mass is 10.1. The second-order valence-electron chi connectivity index (χ2n) is 5.09. The minimum Gasteiger partial charge on any atom is -0.497 e. The summed E-state index contributed by atoms with van der Waals surface area (Å²) in [5.74, 6) is 0.883. The average Bonchev–Trinajstić information content (AvgIpc) is 2.96. The maximum atomic E-state index is 5.18. The first-order chi connectivity index (χ1) is 10.3. The van der Waals surface area contributed by atoms with E-state index in [-0.39, 0.29) is 6.04 Å². The summed E-state index contributed by atoms with van der Waals surface area (Å²) in [5, 5.41) is 4.72. The number of aromatic amines is 1. The summed E-state index contributed by atoms with van der Waals surface area (Å²) in [5.41, 5.74) is 3.42. The van der Waals surface area contributed by atoms with Gasteiger partial charge in [-0.3, -0.25) is 0 Å². The molecular weight excluding hydrogens is 262 g/mol. The lowest BCUT2D eigenvalue weighted by molar-refractivity contribution is 0.414. The molecule has 2 N–H and O–H groups in total. The van der Waals surface area contributed by atoms with Gasteiger partial charge in [-0.25, -0.2) is 4.98 Å². The van der Waals surface area contributed by atoms with Crippen LogP contribution in [-0.2, 0) is 6.54 Å². The Labute approximate surface area is 124 Å². The molecule has 4 heteroatoms. The number of pyridine rings is 1. The van der Waals surface area contributed by atoms with Crippen molar-refractivity contribution in [1.29, 1.82) is 0 Å². The maximum Gasteiger partial charge on any atom is 0.137 e. The zero-order chi connectivity index (χ0) is 14.7. The molecule has 0 saturated heterocycles. The lowest BCUT2D eigenvalue weighted by Gasteiger charge is -2.14. The summed E-state index contributed by atoms with van der Waals surface area (Å²) in [6.45, 7) is 2.97. The van der Waals surface area contributed by atoms with Crippen LogP contribution in [-0.4, -0.2) is 17.1 Å². The number of aromatic nitrogens is 2. The fourth-order valence-corrected chi connectivity index (χ4v) is 2.43.